The fraction of sp³-hybridized carbons (Fsp3) is 0.490. The first-order chi connectivity index (χ1) is 33.6. The molecule has 4 atom stereocenters. The Bertz CT molecular complexity index is 2450. The maximum absolute atomic E-state index is 13.0. The van der Waals surface area contributed by atoms with Gasteiger partial charge in [-0.2, -0.15) is 0 Å². The van der Waals surface area contributed by atoms with Crippen LogP contribution in [0.5, 0.6) is 0 Å². The molecule has 0 aliphatic carbocycles. The van der Waals surface area contributed by atoms with Crippen LogP contribution in [-0.4, -0.2) is 151 Å². The largest absolute Gasteiger partial charge is 0.380 e. The smallest absolute Gasteiger partial charge is 0.252 e. The number of aliphatic hydroxyl groups is 2. The van der Waals surface area contributed by atoms with Crippen LogP contribution in [0.4, 0.5) is 0 Å². The number of aryl methyl sites for hydroxylation is 1. The van der Waals surface area contributed by atoms with Gasteiger partial charge < -0.3 is 49.6 Å². The highest BCUT2D eigenvalue weighted by Crippen LogP contribution is 2.40. The molecular weight excluding hydrogens is 1000 g/mol. The van der Waals surface area contributed by atoms with Crippen molar-refractivity contribution < 1.29 is 47.2 Å². The maximum Gasteiger partial charge on any atom is 0.252 e. The second-order valence-electron chi connectivity index (χ2n) is 17.8. The quantitative estimate of drug-likeness (QED) is 0.0468. The summed E-state index contributed by atoms with van der Waals surface area (Å²) in [6.45, 7) is 5.37. The number of amides is 2. The van der Waals surface area contributed by atoms with E-state index in [-0.39, 0.29) is 75.0 Å². The normalized spacial score (nSPS) is 17.1. The van der Waals surface area contributed by atoms with E-state index < -0.39 is 33.9 Å². The zero-order valence-corrected chi connectivity index (χ0v) is 43.5. The molecule has 14 nitrogen and oxygen atoms in total. The third-order valence-corrected chi connectivity index (χ3v) is 15.3. The van der Waals surface area contributed by atoms with Gasteiger partial charge in [0.15, 0.2) is 22.0 Å². The fourth-order valence-electron chi connectivity index (χ4n) is 8.72. The molecule has 0 bridgehead atoms. The Hall–Kier alpha value is -3.39. The van der Waals surface area contributed by atoms with Crippen LogP contribution in [0.25, 0.3) is 0 Å². The number of ether oxygens (including phenoxy) is 4. The highest BCUT2D eigenvalue weighted by molar-refractivity contribution is 7.91. The molecule has 19 heteroatoms. The van der Waals surface area contributed by atoms with E-state index in [0.717, 1.165) is 61.2 Å². The number of hydrogen-bond donors (Lipinski definition) is 4. The zero-order chi connectivity index (χ0) is 50.2. The third kappa shape index (κ3) is 16.3. The summed E-state index contributed by atoms with van der Waals surface area (Å²) in [5.74, 6) is -1.72. The lowest BCUT2D eigenvalue weighted by Gasteiger charge is -2.33. The summed E-state index contributed by atoms with van der Waals surface area (Å²) in [6.07, 6.45) is -0.858. The van der Waals surface area contributed by atoms with Crippen molar-refractivity contribution in [3.8, 4) is 0 Å². The minimum absolute atomic E-state index is 0.00380. The second-order valence-corrected chi connectivity index (χ2v) is 21.6. The summed E-state index contributed by atoms with van der Waals surface area (Å²) in [4.78, 5) is 29.3. The minimum Gasteiger partial charge on any atom is -0.380 e. The van der Waals surface area contributed by atoms with Crippen molar-refractivity contribution in [2.24, 2.45) is 0 Å². The van der Waals surface area contributed by atoms with E-state index in [2.05, 4.69) is 51.7 Å². The molecule has 70 heavy (non-hydrogen) atoms. The van der Waals surface area contributed by atoms with Crippen molar-refractivity contribution in [3.05, 3.63) is 132 Å². The Labute approximate surface area is 431 Å². The number of nitrogens with one attached hydrogen (secondary N) is 2. The van der Waals surface area contributed by atoms with Crippen molar-refractivity contribution in [3.63, 3.8) is 0 Å². The monoisotopic (exact) mass is 1060 g/mol. The number of carbonyl (C=O) groups is 2. The highest BCUT2D eigenvalue weighted by Gasteiger charge is 2.31. The van der Waals surface area contributed by atoms with E-state index in [1.807, 2.05) is 37.4 Å². The van der Waals surface area contributed by atoms with E-state index in [1.165, 1.54) is 16.7 Å². The molecule has 0 fully saturated rings. The minimum atomic E-state index is -3.53. The lowest BCUT2D eigenvalue weighted by Crippen LogP contribution is -2.50. The van der Waals surface area contributed by atoms with Crippen LogP contribution in [0.2, 0.25) is 20.1 Å². The van der Waals surface area contributed by atoms with Crippen LogP contribution in [0.15, 0.2) is 77.7 Å². The van der Waals surface area contributed by atoms with Crippen molar-refractivity contribution in [1.82, 2.24) is 20.4 Å². The van der Waals surface area contributed by atoms with Gasteiger partial charge in [0.2, 0.25) is 0 Å². The number of rotatable bonds is 27. The number of unbranched alkanes of at least 4 members (excludes halogenated alkanes) is 1. The van der Waals surface area contributed by atoms with Crippen LogP contribution in [0, 0.1) is 0 Å². The van der Waals surface area contributed by atoms with Crippen LogP contribution in [-0.2, 0) is 57.9 Å². The molecule has 0 spiro atoms. The van der Waals surface area contributed by atoms with Gasteiger partial charge in [0.25, 0.3) is 11.8 Å². The lowest BCUT2D eigenvalue weighted by atomic mass is 9.84. The maximum atomic E-state index is 13.0. The average Bonchev–Trinajstić information content (AvgIpc) is 3.33. The molecule has 4 aromatic carbocycles. The van der Waals surface area contributed by atoms with E-state index in [9.17, 15) is 28.2 Å². The van der Waals surface area contributed by atoms with Crippen LogP contribution < -0.4 is 10.6 Å². The van der Waals surface area contributed by atoms with Crippen LogP contribution in [0.1, 0.15) is 70.0 Å². The highest BCUT2D eigenvalue weighted by atomic mass is 35.5. The van der Waals surface area contributed by atoms with Gasteiger partial charge in [-0.05, 0) is 115 Å². The van der Waals surface area contributed by atoms with Gasteiger partial charge in [0, 0.05) is 84.4 Å². The molecule has 0 saturated heterocycles. The van der Waals surface area contributed by atoms with Gasteiger partial charge in [0.1, 0.15) is 0 Å². The molecule has 382 valence electrons. The molecule has 2 heterocycles. The Kier molecular flexibility index (Phi) is 22.0. The summed E-state index contributed by atoms with van der Waals surface area (Å²) in [5.41, 5.74) is 7.90. The van der Waals surface area contributed by atoms with Crippen molar-refractivity contribution in [1.29, 1.82) is 0 Å². The van der Waals surface area contributed by atoms with Crippen molar-refractivity contribution in [2.75, 3.05) is 98.9 Å². The predicted molar refractivity (Wildman–Crippen MR) is 273 cm³/mol. The van der Waals surface area contributed by atoms with Gasteiger partial charge in [-0.1, -0.05) is 82.8 Å². The topological polar surface area (TPSA) is 176 Å². The molecule has 0 saturated carbocycles. The van der Waals surface area contributed by atoms with E-state index in [1.54, 1.807) is 18.2 Å². The Morgan fingerprint density at radius 2 is 1.04 bits per heavy atom. The van der Waals surface area contributed by atoms with Gasteiger partial charge >= 0.3 is 0 Å². The number of carbonyl (C=O) groups excluding carboxylic acids is 2. The number of aliphatic hydroxyl groups excluding tert-OH is 2. The van der Waals surface area contributed by atoms with Crippen molar-refractivity contribution >= 4 is 68.1 Å². The number of halogens is 4. The molecule has 4 N–H and O–H groups in total. The van der Waals surface area contributed by atoms with Crippen molar-refractivity contribution in [2.45, 2.75) is 67.7 Å². The molecule has 0 radical (unpaired) electrons. The number of benzene rings is 4. The zero-order valence-electron chi connectivity index (χ0n) is 39.6. The molecule has 2 aliphatic heterocycles. The van der Waals surface area contributed by atoms with E-state index in [4.69, 9.17) is 65.4 Å². The van der Waals surface area contributed by atoms with Gasteiger partial charge in [0.05, 0.1) is 50.3 Å². The van der Waals surface area contributed by atoms with Crippen LogP contribution >= 0.6 is 46.4 Å². The van der Waals surface area contributed by atoms with E-state index >= 15 is 0 Å². The molecule has 2 aliphatic rings. The first-order valence-electron chi connectivity index (χ1n) is 23.6. The summed E-state index contributed by atoms with van der Waals surface area (Å²) < 4.78 is 48.2. The SMILES string of the molecule is CN1Cc2c(Cl)cc(Cl)cc2C(c2ccc(CCCCOCCOCCNC(=O)C(O)C(O)C(=O)NCCOCCOCCCS(=O)(=O)c3ccc(C4CN(C)Cc5c(Cl)cc(Cl)cc54)cc3)cc2)C1. The predicted octanol–water partition coefficient (Wildman–Crippen LogP) is 6.66. The Morgan fingerprint density at radius 1 is 0.614 bits per heavy atom. The number of hydrogen-bond acceptors (Lipinski definition) is 12. The Morgan fingerprint density at radius 3 is 1.51 bits per heavy atom. The van der Waals surface area contributed by atoms with Gasteiger partial charge in [-0.15, -0.1) is 0 Å². The lowest BCUT2D eigenvalue weighted by molar-refractivity contribution is -0.146. The first kappa shape index (κ1) is 55.9. The molecule has 0 aromatic heterocycles. The first-order valence-corrected chi connectivity index (χ1v) is 26.7. The molecule has 4 aromatic rings. The fourth-order valence-corrected chi connectivity index (χ4v) is 11.1. The average molecular weight is 1070 g/mol. The number of fused-ring (bicyclic) bond motifs is 2. The molecule has 6 rings (SSSR count). The van der Waals surface area contributed by atoms with Gasteiger partial charge in [-0.25, -0.2) is 8.42 Å². The Balaban J connectivity index is 0.736. The van der Waals surface area contributed by atoms with Gasteiger partial charge in [-0.3, -0.25) is 9.59 Å². The number of nitrogens with zero attached hydrogens (tertiary/aromatic N) is 2. The molecular formula is C51H64Cl4N4O10S. The summed E-state index contributed by atoms with van der Waals surface area (Å²) in [7, 11) is 0.593. The molecule has 2 amide bonds. The summed E-state index contributed by atoms with van der Waals surface area (Å²) in [5, 5.41) is 27.8. The number of sulfone groups is 1. The number of likely N-dealkylation sites (N-methyl/N-ethyl adjacent to an activating group) is 2. The van der Waals surface area contributed by atoms with E-state index in [0.29, 0.717) is 46.5 Å². The standard InChI is InChI=1S/C51H64Cl4N4O10S/c1-58-30-42(40-26-37(52)28-46(54)44(40)32-58)35-9-7-34(8-10-35)6-3-4-17-66-21-23-68-19-15-56-50(62)48(60)49(61)51(63)57-16-20-69-24-22-67-18-5-25-70(64,65)39-13-11-36(12-14-39)43-31-59(2)33-45-41(43)27-38(53)29-47(45)55/h7-14,26-29,42-43,48-49,60-61H,3-6,15-25,30-33H2,1-2H3,(H,56,62)(H,57,63). The van der Waals surface area contributed by atoms with Crippen LogP contribution in [0.3, 0.4) is 0 Å². The second kappa shape index (κ2) is 27.6. The third-order valence-electron chi connectivity index (χ3n) is 12.4. The summed E-state index contributed by atoms with van der Waals surface area (Å²) in [6, 6.07) is 23.3. The summed E-state index contributed by atoms with van der Waals surface area (Å²) >= 11 is 25.7. The molecule has 4 unspecified atom stereocenters.